The number of piperidine rings is 2. The summed E-state index contributed by atoms with van der Waals surface area (Å²) in [5, 5.41) is 4.84. The van der Waals surface area contributed by atoms with E-state index in [2.05, 4.69) is 5.32 Å². The summed E-state index contributed by atoms with van der Waals surface area (Å²) in [6.45, 7) is 1.34. The number of hydrogen-bond donors (Lipinski definition) is 1. The number of hydrogen-bond acceptors (Lipinski definition) is 5. The SMILES string of the molecule is CS(=O)(=O)N1CCCC(NC(=O)C2CCN(S(=O)(=O)c3ccc4ccccc4c3)CC2)C1. The third kappa shape index (κ3) is 4.98. The van der Waals surface area contributed by atoms with Crippen LogP contribution in [-0.4, -0.2) is 69.8 Å². The van der Waals surface area contributed by atoms with Crippen molar-refractivity contribution < 1.29 is 21.6 Å². The Labute approximate surface area is 189 Å². The molecule has 2 aliphatic heterocycles. The normalized spacial score (nSPS) is 22.1. The van der Waals surface area contributed by atoms with Crippen LogP contribution in [0.3, 0.4) is 0 Å². The van der Waals surface area contributed by atoms with E-state index >= 15 is 0 Å². The van der Waals surface area contributed by atoms with Crippen molar-refractivity contribution in [3.63, 3.8) is 0 Å². The Balaban J connectivity index is 1.36. The van der Waals surface area contributed by atoms with Crippen LogP contribution in [0, 0.1) is 5.92 Å². The third-order valence-corrected chi connectivity index (χ3v) is 9.55. The molecule has 2 saturated heterocycles. The lowest BCUT2D eigenvalue weighted by Crippen LogP contribution is -2.51. The molecule has 0 bridgehead atoms. The topological polar surface area (TPSA) is 104 Å². The Morgan fingerprint density at radius 3 is 2.28 bits per heavy atom. The van der Waals surface area contributed by atoms with Crippen LogP contribution in [0.1, 0.15) is 25.7 Å². The van der Waals surface area contributed by atoms with Crippen molar-refractivity contribution in [1.82, 2.24) is 13.9 Å². The largest absolute Gasteiger partial charge is 0.352 e. The van der Waals surface area contributed by atoms with Gasteiger partial charge in [0.2, 0.25) is 26.0 Å². The van der Waals surface area contributed by atoms with Crippen LogP contribution in [0.5, 0.6) is 0 Å². The quantitative estimate of drug-likeness (QED) is 0.704. The lowest BCUT2D eigenvalue weighted by molar-refractivity contribution is -0.127. The van der Waals surface area contributed by atoms with E-state index in [-0.39, 0.29) is 35.9 Å². The Morgan fingerprint density at radius 1 is 0.906 bits per heavy atom. The highest BCUT2D eigenvalue weighted by Gasteiger charge is 2.34. The molecule has 0 saturated carbocycles. The molecule has 1 amide bonds. The Kier molecular flexibility index (Phi) is 6.58. The molecule has 1 unspecified atom stereocenters. The molecule has 2 heterocycles. The van der Waals surface area contributed by atoms with E-state index in [0.29, 0.717) is 32.4 Å². The third-order valence-electron chi connectivity index (χ3n) is 6.38. The summed E-state index contributed by atoms with van der Waals surface area (Å²) >= 11 is 0. The number of carbonyl (C=O) groups excluding carboxylic acids is 1. The first-order chi connectivity index (χ1) is 15.1. The minimum Gasteiger partial charge on any atom is -0.352 e. The highest BCUT2D eigenvalue weighted by Crippen LogP contribution is 2.26. The van der Waals surface area contributed by atoms with Crippen molar-refractivity contribution in [2.75, 3.05) is 32.4 Å². The maximum absolute atomic E-state index is 13.1. The first-order valence-electron chi connectivity index (χ1n) is 10.9. The van der Waals surface area contributed by atoms with Gasteiger partial charge in [-0.15, -0.1) is 0 Å². The van der Waals surface area contributed by atoms with Gasteiger partial charge in [-0.05, 0) is 48.6 Å². The predicted octanol–water partition coefficient (Wildman–Crippen LogP) is 1.78. The van der Waals surface area contributed by atoms with Crippen LogP contribution in [0.2, 0.25) is 0 Å². The molecule has 10 heteroatoms. The molecule has 2 aromatic carbocycles. The van der Waals surface area contributed by atoms with Crippen molar-refractivity contribution in [3.8, 4) is 0 Å². The van der Waals surface area contributed by atoms with Crippen LogP contribution >= 0.6 is 0 Å². The van der Waals surface area contributed by atoms with Crippen molar-refractivity contribution in [2.45, 2.75) is 36.6 Å². The van der Waals surface area contributed by atoms with Crippen molar-refractivity contribution in [3.05, 3.63) is 42.5 Å². The molecule has 1 N–H and O–H groups in total. The molecule has 0 aromatic heterocycles. The van der Waals surface area contributed by atoms with Crippen LogP contribution in [0.15, 0.2) is 47.4 Å². The maximum atomic E-state index is 13.1. The summed E-state index contributed by atoms with van der Waals surface area (Å²) < 4.78 is 52.7. The Hall–Kier alpha value is -2.01. The van der Waals surface area contributed by atoms with Gasteiger partial charge in [0.25, 0.3) is 0 Å². The average molecular weight is 480 g/mol. The number of amides is 1. The summed E-state index contributed by atoms with van der Waals surface area (Å²) in [5.41, 5.74) is 0. The zero-order chi connectivity index (χ0) is 22.9. The fraction of sp³-hybridized carbons (Fsp3) is 0.500. The van der Waals surface area contributed by atoms with Crippen molar-refractivity contribution in [2.24, 2.45) is 5.92 Å². The first-order valence-corrected chi connectivity index (χ1v) is 14.2. The predicted molar refractivity (Wildman–Crippen MR) is 123 cm³/mol. The van der Waals surface area contributed by atoms with Crippen LogP contribution in [-0.2, 0) is 24.8 Å². The smallest absolute Gasteiger partial charge is 0.243 e. The Morgan fingerprint density at radius 2 is 1.59 bits per heavy atom. The van der Waals surface area contributed by atoms with Gasteiger partial charge in [-0.1, -0.05) is 30.3 Å². The maximum Gasteiger partial charge on any atom is 0.243 e. The minimum atomic E-state index is -3.63. The molecule has 1 atom stereocenters. The fourth-order valence-electron chi connectivity index (χ4n) is 4.52. The van der Waals surface area contributed by atoms with E-state index < -0.39 is 20.0 Å². The second kappa shape index (κ2) is 9.09. The highest BCUT2D eigenvalue weighted by molar-refractivity contribution is 7.89. The van der Waals surface area contributed by atoms with Gasteiger partial charge in [0.1, 0.15) is 0 Å². The summed E-state index contributed by atoms with van der Waals surface area (Å²) in [7, 11) is -6.90. The lowest BCUT2D eigenvalue weighted by Gasteiger charge is -2.34. The second-order valence-electron chi connectivity index (χ2n) is 8.66. The molecular formula is C22H29N3O5S2. The first kappa shape index (κ1) is 23.2. The van der Waals surface area contributed by atoms with E-state index in [1.165, 1.54) is 14.9 Å². The van der Waals surface area contributed by atoms with E-state index in [4.69, 9.17) is 0 Å². The molecule has 4 rings (SSSR count). The summed E-state index contributed by atoms with van der Waals surface area (Å²) in [6, 6.07) is 12.6. The summed E-state index contributed by atoms with van der Waals surface area (Å²) in [6.07, 6.45) is 3.53. The number of benzene rings is 2. The molecule has 0 radical (unpaired) electrons. The van der Waals surface area contributed by atoms with E-state index in [1.54, 1.807) is 12.1 Å². The standard InChI is InChI=1S/C22H29N3O5S2/c1-31(27,28)25-12-4-7-20(16-25)23-22(26)18-10-13-24(14-11-18)32(29,30)21-9-8-17-5-2-3-6-19(17)15-21/h2-3,5-6,8-9,15,18,20H,4,7,10-14,16H2,1H3,(H,23,26). The van der Waals surface area contributed by atoms with Gasteiger partial charge < -0.3 is 5.32 Å². The van der Waals surface area contributed by atoms with Crippen molar-refractivity contribution in [1.29, 1.82) is 0 Å². The molecular weight excluding hydrogens is 450 g/mol. The molecule has 8 nitrogen and oxygen atoms in total. The van der Waals surface area contributed by atoms with Crippen LogP contribution in [0.4, 0.5) is 0 Å². The van der Waals surface area contributed by atoms with Crippen LogP contribution < -0.4 is 5.32 Å². The molecule has 32 heavy (non-hydrogen) atoms. The molecule has 2 aliphatic rings. The van der Waals surface area contributed by atoms with Crippen LogP contribution in [0.25, 0.3) is 10.8 Å². The van der Waals surface area contributed by atoms with Gasteiger partial charge in [-0.25, -0.2) is 21.1 Å². The molecule has 0 spiro atoms. The molecule has 0 aliphatic carbocycles. The van der Waals surface area contributed by atoms with E-state index in [0.717, 1.165) is 17.2 Å². The van der Waals surface area contributed by atoms with Gasteiger partial charge in [0.15, 0.2) is 0 Å². The fourth-order valence-corrected chi connectivity index (χ4v) is 6.93. The Bertz CT molecular complexity index is 1210. The zero-order valence-electron chi connectivity index (χ0n) is 18.1. The van der Waals surface area contributed by atoms with Gasteiger partial charge in [-0.2, -0.15) is 4.31 Å². The van der Waals surface area contributed by atoms with Gasteiger partial charge in [0.05, 0.1) is 11.2 Å². The number of sulfonamides is 2. The number of nitrogens with one attached hydrogen (secondary N) is 1. The van der Waals surface area contributed by atoms with E-state index in [1.807, 2.05) is 30.3 Å². The van der Waals surface area contributed by atoms with Crippen molar-refractivity contribution >= 4 is 36.7 Å². The zero-order valence-corrected chi connectivity index (χ0v) is 19.7. The second-order valence-corrected chi connectivity index (χ2v) is 12.6. The molecule has 2 fully saturated rings. The van der Waals surface area contributed by atoms with E-state index in [9.17, 15) is 21.6 Å². The van der Waals surface area contributed by atoms with Gasteiger partial charge in [-0.3, -0.25) is 4.79 Å². The lowest BCUT2D eigenvalue weighted by atomic mass is 9.96. The number of rotatable bonds is 5. The number of carbonyl (C=O) groups is 1. The summed E-state index contributed by atoms with van der Waals surface area (Å²) in [5.74, 6) is -0.389. The summed E-state index contributed by atoms with van der Waals surface area (Å²) in [4.78, 5) is 13.0. The average Bonchev–Trinajstić information content (AvgIpc) is 2.78. The highest BCUT2D eigenvalue weighted by atomic mass is 32.2. The van der Waals surface area contributed by atoms with Gasteiger partial charge >= 0.3 is 0 Å². The van der Waals surface area contributed by atoms with Gasteiger partial charge in [0, 0.05) is 38.1 Å². The number of fused-ring (bicyclic) bond motifs is 1. The minimum absolute atomic E-state index is 0.117. The molecule has 174 valence electrons. The monoisotopic (exact) mass is 479 g/mol. The molecule has 2 aromatic rings. The number of nitrogens with zero attached hydrogens (tertiary/aromatic N) is 2.